The van der Waals surface area contributed by atoms with E-state index in [-0.39, 0.29) is 49.7 Å². The summed E-state index contributed by atoms with van der Waals surface area (Å²) < 4.78 is 11.6. The molecule has 1 N–H and O–H groups in total. The molecule has 0 fully saturated rings. The predicted molar refractivity (Wildman–Crippen MR) is 106 cm³/mol. The second-order valence-corrected chi connectivity index (χ2v) is 7.38. The zero-order valence-electron chi connectivity index (χ0n) is 15.4. The molecule has 0 radical (unpaired) electrons. The van der Waals surface area contributed by atoms with Gasteiger partial charge in [-0.3, -0.25) is 14.4 Å². The molecular formula is C19H18N4O5S. The van der Waals surface area contributed by atoms with Crippen LogP contribution in [0.3, 0.4) is 0 Å². The Balaban J connectivity index is 1.46. The first-order valence-electron chi connectivity index (χ1n) is 8.86. The second kappa shape index (κ2) is 8.00. The topological polar surface area (TPSA) is 103 Å². The van der Waals surface area contributed by atoms with E-state index in [1.165, 1.54) is 22.9 Å². The highest BCUT2D eigenvalue weighted by Gasteiger charge is 2.28. The van der Waals surface area contributed by atoms with E-state index in [1.807, 2.05) is 6.07 Å². The molecule has 2 aromatic rings. The van der Waals surface area contributed by atoms with Gasteiger partial charge in [-0.25, -0.2) is 4.68 Å². The third kappa shape index (κ3) is 3.83. The first kappa shape index (κ1) is 19.1. The van der Waals surface area contributed by atoms with Gasteiger partial charge in [0.2, 0.25) is 18.6 Å². The summed E-state index contributed by atoms with van der Waals surface area (Å²) in [6.07, 6.45) is 3.06. The van der Waals surface area contributed by atoms with Gasteiger partial charge in [-0.2, -0.15) is 5.10 Å². The Labute approximate surface area is 170 Å². The number of carbonyl (C=O) groups is 2. The molecule has 1 aromatic heterocycles. The Morgan fingerprint density at radius 2 is 2.14 bits per heavy atom. The number of benzene rings is 1. The normalized spacial score (nSPS) is 14.5. The van der Waals surface area contributed by atoms with Gasteiger partial charge in [0.05, 0.1) is 16.8 Å². The van der Waals surface area contributed by atoms with Crippen molar-refractivity contribution in [1.82, 2.24) is 15.1 Å². The molecule has 2 aliphatic heterocycles. The summed E-state index contributed by atoms with van der Waals surface area (Å²) >= 11 is 1.26. The maximum atomic E-state index is 12.8. The molecule has 0 saturated carbocycles. The molecule has 0 atom stereocenters. The molecule has 10 heteroatoms. The summed E-state index contributed by atoms with van der Waals surface area (Å²) in [6, 6.07) is 5.40. The van der Waals surface area contributed by atoms with E-state index >= 15 is 0 Å². The van der Waals surface area contributed by atoms with Crippen molar-refractivity contribution in [3.05, 3.63) is 53.0 Å². The van der Waals surface area contributed by atoms with E-state index in [9.17, 15) is 14.4 Å². The summed E-state index contributed by atoms with van der Waals surface area (Å²) in [5.74, 6) is 0.990. The maximum absolute atomic E-state index is 12.8. The fourth-order valence-corrected chi connectivity index (χ4v) is 3.93. The summed E-state index contributed by atoms with van der Waals surface area (Å²) in [5.41, 5.74) is 0.598. The van der Waals surface area contributed by atoms with Crippen LogP contribution in [-0.2, 0) is 22.7 Å². The molecular weight excluding hydrogens is 396 g/mol. The van der Waals surface area contributed by atoms with Crippen molar-refractivity contribution in [2.24, 2.45) is 0 Å². The zero-order valence-corrected chi connectivity index (χ0v) is 16.2. The average Bonchev–Trinajstić information content (AvgIpc) is 3.18. The van der Waals surface area contributed by atoms with Crippen molar-refractivity contribution < 1.29 is 19.1 Å². The Bertz CT molecular complexity index is 1050. The smallest absolute Gasteiger partial charge is 0.292 e. The molecule has 0 unspecified atom stereocenters. The molecule has 4 rings (SSSR count). The first-order chi connectivity index (χ1) is 14.1. The Morgan fingerprint density at radius 1 is 1.31 bits per heavy atom. The lowest BCUT2D eigenvalue weighted by Gasteiger charge is -2.27. The minimum atomic E-state index is -0.483. The number of hydrogen-bond acceptors (Lipinski definition) is 7. The van der Waals surface area contributed by atoms with Crippen LogP contribution in [0.4, 0.5) is 5.69 Å². The molecule has 150 valence electrons. The number of thioether (sulfide) groups is 1. The Hall–Kier alpha value is -3.27. The van der Waals surface area contributed by atoms with Crippen LogP contribution in [0.1, 0.15) is 5.56 Å². The number of aromatic nitrogens is 2. The molecule has 0 aliphatic carbocycles. The van der Waals surface area contributed by atoms with Gasteiger partial charge in [-0.15, -0.1) is 18.3 Å². The Kier molecular flexibility index (Phi) is 5.26. The maximum Gasteiger partial charge on any atom is 0.292 e. The van der Waals surface area contributed by atoms with E-state index in [4.69, 9.17) is 9.47 Å². The van der Waals surface area contributed by atoms with Gasteiger partial charge in [0.1, 0.15) is 12.2 Å². The summed E-state index contributed by atoms with van der Waals surface area (Å²) in [4.78, 5) is 39.3. The molecule has 0 bridgehead atoms. The van der Waals surface area contributed by atoms with Crippen molar-refractivity contribution in [3.63, 3.8) is 0 Å². The minimum Gasteiger partial charge on any atom is -0.454 e. The fraction of sp³-hybridized carbons (Fsp3) is 0.263. The number of fused-ring (bicyclic) bond motifs is 2. The van der Waals surface area contributed by atoms with Gasteiger partial charge in [0.15, 0.2) is 11.5 Å². The van der Waals surface area contributed by atoms with E-state index < -0.39 is 5.56 Å². The summed E-state index contributed by atoms with van der Waals surface area (Å²) in [5, 5.41) is 6.83. The van der Waals surface area contributed by atoms with Crippen LogP contribution in [0.2, 0.25) is 0 Å². The van der Waals surface area contributed by atoms with Gasteiger partial charge in [-0.1, -0.05) is 12.1 Å². The predicted octanol–water partition coefficient (Wildman–Crippen LogP) is 0.913. The van der Waals surface area contributed by atoms with Gasteiger partial charge in [-0.05, 0) is 17.7 Å². The first-order valence-corrected chi connectivity index (χ1v) is 9.85. The third-order valence-electron chi connectivity index (χ3n) is 4.44. The minimum absolute atomic E-state index is 0.176. The van der Waals surface area contributed by atoms with Crippen LogP contribution in [0.25, 0.3) is 0 Å². The van der Waals surface area contributed by atoms with Crippen LogP contribution < -0.4 is 25.2 Å². The molecule has 3 heterocycles. The van der Waals surface area contributed by atoms with Crippen LogP contribution in [0, 0.1) is 0 Å². The molecule has 0 spiro atoms. The largest absolute Gasteiger partial charge is 0.454 e. The Morgan fingerprint density at radius 3 is 2.97 bits per heavy atom. The van der Waals surface area contributed by atoms with Crippen LogP contribution >= 0.6 is 11.8 Å². The van der Waals surface area contributed by atoms with Gasteiger partial charge in [0.25, 0.3) is 5.56 Å². The van der Waals surface area contributed by atoms with Crippen molar-refractivity contribution in [2.45, 2.75) is 18.0 Å². The highest BCUT2D eigenvalue weighted by molar-refractivity contribution is 8.00. The second-order valence-electron chi connectivity index (χ2n) is 6.37. The quantitative estimate of drug-likeness (QED) is 0.701. The van der Waals surface area contributed by atoms with E-state index in [0.717, 1.165) is 10.2 Å². The number of hydrogen-bond donors (Lipinski definition) is 1. The van der Waals surface area contributed by atoms with E-state index in [1.54, 1.807) is 18.2 Å². The van der Waals surface area contributed by atoms with Crippen molar-refractivity contribution >= 4 is 29.3 Å². The monoisotopic (exact) mass is 414 g/mol. The highest BCUT2D eigenvalue weighted by atomic mass is 32.2. The molecule has 9 nitrogen and oxygen atoms in total. The van der Waals surface area contributed by atoms with Gasteiger partial charge < -0.3 is 19.7 Å². The summed E-state index contributed by atoms with van der Waals surface area (Å²) in [7, 11) is 0. The SMILES string of the molecule is C=CCN1C(=O)CSc2cnn(CC(=O)NCc3ccc4c(c3)OCO4)c(=O)c21. The summed E-state index contributed by atoms with van der Waals surface area (Å²) in [6.45, 7) is 4.06. The fourth-order valence-electron chi connectivity index (χ4n) is 3.04. The van der Waals surface area contributed by atoms with Crippen LogP contribution in [0.5, 0.6) is 11.5 Å². The standard InChI is InChI=1S/C19H18N4O5S/c1-2-5-22-17(25)10-29-15-8-21-23(19(26)18(15)22)9-16(24)20-7-12-3-4-13-14(6-12)28-11-27-13/h2-4,6,8H,1,5,7,9-11H2,(H,20,24). The van der Waals surface area contributed by atoms with Gasteiger partial charge in [0, 0.05) is 13.1 Å². The van der Waals surface area contributed by atoms with Gasteiger partial charge >= 0.3 is 0 Å². The lowest BCUT2D eigenvalue weighted by atomic mass is 10.2. The number of nitrogens with zero attached hydrogens (tertiary/aromatic N) is 3. The van der Waals surface area contributed by atoms with Crippen molar-refractivity contribution in [3.8, 4) is 11.5 Å². The third-order valence-corrected chi connectivity index (χ3v) is 5.44. The van der Waals surface area contributed by atoms with Crippen LogP contribution in [0.15, 0.2) is 46.7 Å². The molecule has 29 heavy (non-hydrogen) atoms. The lowest BCUT2D eigenvalue weighted by Crippen LogP contribution is -2.42. The number of nitrogens with one attached hydrogen (secondary N) is 1. The van der Waals surface area contributed by atoms with Crippen molar-refractivity contribution in [1.29, 1.82) is 0 Å². The van der Waals surface area contributed by atoms with Crippen molar-refractivity contribution in [2.75, 3.05) is 24.0 Å². The number of rotatable bonds is 6. The zero-order chi connectivity index (χ0) is 20.4. The molecule has 2 aliphatic rings. The number of carbonyl (C=O) groups excluding carboxylic acids is 2. The van der Waals surface area contributed by atoms with Crippen LogP contribution in [-0.4, -0.2) is 40.7 Å². The number of amides is 2. The number of ether oxygens (including phenoxy) is 2. The number of anilines is 1. The average molecular weight is 414 g/mol. The highest BCUT2D eigenvalue weighted by Crippen LogP contribution is 2.33. The van der Waals surface area contributed by atoms with E-state index in [0.29, 0.717) is 16.4 Å². The molecule has 1 aromatic carbocycles. The molecule has 2 amide bonds. The molecule has 0 saturated heterocycles. The van der Waals surface area contributed by atoms with E-state index in [2.05, 4.69) is 17.0 Å². The lowest BCUT2D eigenvalue weighted by molar-refractivity contribution is -0.122.